The van der Waals surface area contributed by atoms with Crippen molar-refractivity contribution in [3.05, 3.63) is 35.1 Å². The van der Waals surface area contributed by atoms with Crippen molar-refractivity contribution in [2.75, 3.05) is 5.33 Å². The summed E-state index contributed by atoms with van der Waals surface area (Å²) in [6.45, 7) is 3.78. The van der Waals surface area contributed by atoms with Gasteiger partial charge in [-0.15, -0.1) is 0 Å². The number of alkyl halides is 1. The molecule has 2 rings (SSSR count). The van der Waals surface area contributed by atoms with Crippen molar-refractivity contribution in [1.82, 2.24) is 5.32 Å². The van der Waals surface area contributed by atoms with E-state index in [0.717, 1.165) is 28.6 Å². The number of carbonyl (C=O) groups excluding carboxylic acids is 2. The smallest absolute Gasteiger partial charge is 0.251 e. The second-order valence-electron chi connectivity index (χ2n) is 4.92. The first-order chi connectivity index (χ1) is 9.52. The van der Waals surface area contributed by atoms with Gasteiger partial charge in [-0.3, -0.25) is 9.59 Å². The van der Waals surface area contributed by atoms with Gasteiger partial charge in [0.25, 0.3) is 5.91 Å². The molecule has 0 radical (unpaired) electrons. The number of hydrogen-bond donors (Lipinski definition) is 1. The van der Waals surface area contributed by atoms with Crippen molar-refractivity contribution in [3.63, 3.8) is 0 Å². The maximum absolute atomic E-state index is 11.8. The van der Waals surface area contributed by atoms with E-state index < -0.39 is 0 Å². The largest absolute Gasteiger partial charge is 0.325 e. The summed E-state index contributed by atoms with van der Waals surface area (Å²) < 4.78 is 0. The van der Waals surface area contributed by atoms with Crippen LogP contribution in [0.25, 0.3) is 0 Å². The summed E-state index contributed by atoms with van der Waals surface area (Å²) in [6, 6.07) is 0. The van der Waals surface area contributed by atoms with Crippen LogP contribution in [-0.4, -0.2) is 22.9 Å². The number of aliphatic imine (C=N–C) groups is 1. The number of nitrogens with zero attached hydrogens (tertiary/aromatic N) is 1. The second-order valence-corrected chi connectivity index (χ2v) is 5.71. The molecule has 0 aromatic rings. The topological polar surface area (TPSA) is 58.5 Å². The fraction of sp³-hybridized carbons (Fsp3) is 0.400. The second kappa shape index (κ2) is 6.31. The molecule has 0 aromatic carbocycles. The van der Waals surface area contributed by atoms with Crippen LogP contribution < -0.4 is 5.32 Å². The SMILES string of the molecule is CC1=C(C)C2C=CC(=NC(=O)CCCBr)C=C2NC1=O. The normalized spacial score (nSPS) is 23.6. The Bertz CT molecular complexity index is 570. The Kier molecular flexibility index (Phi) is 4.70. The van der Waals surface area contributed by atoms with Gasteiger partial charge in [0, 0.05) is 28.9 Å². The Morgan fingerprint density at radius 2 is 2.20 bits per heavy atom. The molecular weight excluding hydrogens is 320 g/mol. The van der Waals surface area contributed by atoms with E-state index in [1.165, 1.54) is 0 Å². The fourth-order valence-electron chi connectivity index (χ4n) is 2.21. The van der Waals surface area contributed by atoms with E-state index in [2.05, 4.69) is 26.2 Å². The minimum Gasteiger partial charge on any atom is -0.325 e. The Balaban J connectivity index is 2.19. The maximum Gasteiger partial charge on any atom is 0.251 e. The van der Waals surface area contributed by atoms with E-state index in [-0.39, 0.29) is 17.7 Å². The van der Waals surface area contributed by atoms with Crippen molar-refractivity contribution in [3.8, 4) is 0 Å². The molecule has 1 aliphatic heterocycles. The van der Waals surface area contributed by atoms with E-state index >= 15 is 0 Å². The van der Waals surface area contributed by atoms with Gasteiger partial charge in [0.15, 0.2) is 0 Å². The van der Waals surface area contributed by atoms with Crippen molar-refractivity contribution < 1.29 is 9.59 Å². The Labute approximate surface area is 126 Å². The molecular formula is C15H17BrN2O2. The van der Waals surface area contributed by atoms with Gasteiger partial charge >= 0.3 is 0 Å². The Hall–Kier alpha value is -1.49. The van der Waals surface area contributed by atoms with Gasteiger partial charge in [0.1, 0.15) is 0 Å². The van der Waals surface area contributed by atoms with Crippen molar-refractivity contribution in [1.29, 1.82) is 0 Å². The molecule has 0 saturated heterocycles. The van der Waals surface area contributed by atoms with E-state index in [9.17, 15) is 9.59 Å². The van der Waals surface area contributed by atoms with E-state index in [4.69, 9.17) is 0 Å². The quantitative estimate of drug-likeness (QED) is 0.805. The molecule has 4 nitrogen and oxygen atoms in total. The highest BCUT2D eigenvalue weighted by Gasteiger charge is 2.27. The van der Waals surface area contributed by atoms with Crippen molar-refractivity contribution in [2.24, 2.45) is 10.9 Å². The lowest BCUT2D eigenvalue weighted by atomic mass is 9.85. The first-order valence-corrected chi connectivity index (χ1v) is 7.71. The van der Waals surface area contributed by atoms with Gasteiger partial charge in [-0.25, -0.2) is 4.99 Å². The summed E-state index contributed by atoms with van der Waals surface area (Å²) in [5, 5.41) is 3.65. The lowest BCUT2D eigenvalue weighted by Gasteiger charge is -2.28. The third kappa shape index (κ3) is 3.15. The van der Waals surface area contributed by atoms with Crippen LogP contribution in [0.15, 0.2) is 40.1 Å². The van der Waals surface area contributed by atoms with Crippen LogP contribution in [0.3, 0.4) is 0 Å². The summed E-state index contributed by atoms with van der Waals surface area (Å²) >= 11 is 3.29. The van der Waals surface area contributed by atoms with Crippen LogP contribution in [0.4, 0.5) is 0 Å². The number of rotatable bonds is 3. The molecule has 0 bridgehead atoms. The first-order valence-electron chi connectivity index (χ1n) is 6.59. The lowest BCUT2D eigenvalue weighted by molar-refractivity contribution is -0.118. The average molecular weight is 337 g/mol. The Morgan fingerprint density at radius 3 is 2.90 bits per heavy atom. The summed E-state index contributed by atoms with van der Waals surface area (Å²) in [5.74, 6) is -0.125. The average Bonchev–Trinajstić information content (AvgIpc) is 2.42. The zero-order valence-corrected chi connectivity index (χ0v) is 13.2. The number of halogens is 1. The molecule has 1 unspecified atom stereocenters. The predicted molar refractivity (Wildman–Crippen MR) is 82.7 cm³/mol. The Morgan fingerprint density at radius 1 is 1.45 bits per heavy atom. The molecule has 20 heavy (non-hydrogen) atoms. The van der Waals surface area contributed by atoms with Gasteiger partial charge in [0.2, 0.25) is 5.91 Å². The van der Waals surface area contributed by atoms with Gasteiger partial charge in [0.05, 0.1) is 5.71 Å². The first kappa shape index (κ1) is 14.9. The number of fused-ring (bicyclic) bond motifs is 1. The minimum atomic E-state index is -0.134. The summed E-state index contributed by atoms with van der Waals surface area (Å²) in [4.78, 5) is 27.5. The van der Waals surface area contributed by atoms with Crippen LogP contribution in [-0.2, 0) is 9.59 Å². The maximum atomic E-state index is 11.8. The number of hydrogen-bond acceptors (Lipinski definition) is 2. The molecule has 2 amide bonds. The van der Waals surface area contributed by atoms with Crippen molar-refractivity contribution in [2.45, 2.75) is 26.7 Å². The number of amides is 2. The van der Waals surface area contributed by atoms with E-state index in [1.54, 1.807) is 6.08 Å². The third-order valence-corrected chi connectivity index (χ3v) is 4.09. The fourth-order valence-corrected chi connectivity index (χ4v) is 2.49. The van der Waals surface area contributed by atoms with Gasteiger partial charge in [-0.2, -0.15) is 0 Å². The third-order valence-electron chi connectivity index (χ3n) is 3.53. The van der Waals surface area contributed by atoms with Crippen molar-refractivity contribution >= 4 is 33.5 Å². The zero-order valence-electron chi connectivity index (χ0n) is 11.6. The predicted octanol–water partition coefficient (Wildman–Crippen LogP) is 2.67. The summed E-state index contributed by atoms with van der Waals surface area (Å²) in [5.41, 5.74) is 3.20. The standard InChI is InChI=1S/C15H17BrN2O2/c1-9-10(2)15(20)18-13-8-11(5-6-12(9)13)17-14(19)4-3-7-16/h5-6,8,12H,3-4,7H2,1-2H3,(H,18,20). The highest BCUT2D eigenvalue weighted by atomic mass is 79.9. The molecule has 1 aliphatic carbocycles. The lowest BCUT2D eigenvalue weighted by Crippen LogP contribution is -2.35. The minimum absolute atomic E-state index is 0.0785. The molecule has 0 saturated carbocycles. The van der Waals surface area contributed by atoms with Crippen LogP contribution in [0.5, 0.6) is 0 Å². The highest BCUT2D eigenvalue weighted by molar-refractivity contribution is 9.09. The van der Waals surface area contributed by atoms with E-state index in [1.807, 2.05) is 26.0 Å². The molecule has 2 aliphatic rings. The zero-order chi connectivity index (χ0) is 14.7. The summed E-state index contributed by atoms with van der Waals surface area (Å²) in [7, 11) is 0. The number of nitrogens with one attached hydrogen (secondary N) is 1. The summed E-state index contributed by atoms with van der Waals surface area (Å²) in [6.07, 6.45) is 6.80. The molecule has 0 spiro atoms. The molecule has 1 N–H and O–H groups in total. The van der Waals surface area contributed by atoms with Crippen LogP contribution in [0, 0.1) is 5.92 Å². The molecule has 0 aromatic heterocycles. The number of allylic oxidation sites excluding steroid dienone is 3. The number of carbonyl (C=O) groups is 2. The molecule has 1 atom stereocenters. The molecule has 5 heteroatoms. The van der Waals surface area contributed by atoms with Gasteiger partial charge in [-0.1, -0.05) is 27.6 Å². The molecule has 106 valence electrons. The monoisotopic (exact) mass is 336 g/mol. The van der Waals surface area contributed by atoms with Gasteiger partial charge in [-0.05, 0) is 32.4 Å². The highest BCUT2D eigenvalue weighted by Crippen LogP contribution is 2.29. The molecule has 1 heterocycles. The van der Waals surface area contributed by atoms with Crippen LogP contribution >= 0.6 is 15.9 Å². The van der Waals surface area contributed by atoms with Crippen LogP contribution in [0.2, 0.25) is 0 Å². The van der Waals surface area contributed by atoms with E-state index in [0.29, 0.717) is 12.1 Å². The molecule has 0 fully saturated rings. The van der Waals surface area contributed by atoms with Crippen LogP contribution in [0.1, 0.15) is 26.7 Å². The van der Waals surface area contributed by atoms with Gasteiger partial charge < -0.3 is 5.32 Å².